The van der Waals surface area contributed by atoms with Gasteiger partial charge in [0.25, 0.3) is 0 Å². The fraction of sp³-hybridized carbons (Fsp3) is 0.818. The summed E-state index contributed by atoms with van der Waals surface area (Å²) < 4.78 is 0. The molecule has 0 aromatic carbocycles. The van der Waals surface area contributed by atoms with Crippen molar-refractivity contribution in [3.05, 3.63) is 11.6 Å². The minimum atomic E-state index is 0.358. The molecular formula is C11H19Cl. The van der Waals surface area contributed by atoms with Crippen LogP contribution in [-0.2, 0) is 0 Å². The Morgan fingerprint density at radius 1 is 1.50 bits per heavy atom. The van der Waals surface area contributed by atoms with E-state index < -0.39 is 0 Å². The van der Waals surface area contributed by atoms with Gasteiger partial charge in [-0.2, -0.15) is 0 Å². The van der Waals surface area contributed by atoms with Crippen molar-refractivity contribution >= 4 is 11.6 Å². The maximum absolute atomic E-state index is 6.04. The Morgan fingerprint density at radius 2 is 2.08 bits per heavy atom. The molecule has 0 saturated heterocycles. The first-order chi connectivity index (χ1) is 5.45. The van der Waals surface area contributed by atoms with E-state index in [1.807, 2.05) is 0 Å². The minimum absolute atomic E-state index is 0.358. The lowest BCUT2D eigenvalue weighted by atomic mass is 9.64. The molecule has 12 heavy (non-hydrogen) atoms. The Labute approximate surface area is 81.0 Å². The second-order valence-corrected chi connectivity index (χ2v) is 5.27. The summed E-state index contributed by atoms with van der Waals surface area (Å²) in [7, 11) is 0. The standard InChI is InChI=1S/C11H19Cl/c1-8-6-5-7-11(3,4)10(8)9(2)12/h8,10H,2,5-7H2,1,3-4H3/t8-,10-/m1/s1. The molecule has 2 atom stereocenters. The summed E-state index contributed by atoms with van der Waals surface area (Å²) in [5.41, 5.74) is 0.358. The van der Waals surface area contributed by atoms with Crippen LogP contribution < -0.4 is 0 Å². The van der Waals surface area contributed by atoms with E-state index in [1.54, 1.807) is 0 Å². The van der Waals surface area contributed by atoms with Crippen molar-refractivity contribution in [3.8, 4) is 0 Å². The van der Waals surface area contributed by atoms with Crippen LogP contribution in [0.2, 0.25) is 0 Å². The third kappa shape index (κ3) is 1.85. The highest BCUT2D eigenvalue weighted by Crippen LogP contribution is 2.47. The molecule has 0 spiro atoms. The molecule has 0 aromatic heterocycles. The van der Waals surface area contributed by atoms with Gasteiger partial charge in [0.2, 0.25) is 0 Å². The molecule has 0 amide bonds. The Hall–Kier alpha value is 0.0300. The van der Waals surface area contributed by atoms with Crippen molar-refractivity contribution in [1.82, 2.24) is 0 Å². The molecule has 1 fully saturated rings. The second-order valence-electron chi connectivity index (χ2n) is 4.78. The molecule has 1 rings (SSSR count). The van der Waals surface area contributed by atoms with E-state index in [1.165, 1.54) is 19.3 Å². The van der Waals surface area contributed by atoms with Gasteiger partial charge in [-0.05, 0) is 17.8 Å². The average Bonchev–Trinajstić information content (AvgIpc) is 1.82. The molecule has 0 radical (unpaired) electrons. The predicted octanol–water partition coefficient (Wildman–Crippen LogP) is 4.20. The number of allylic oxidation sites excluding steroid dienone is 1. The van der Waals surface area contributed by atoms with Crippen molar-refractivity contribution in [2.24, 2.45) is 17.3 Å². The predicted molar refractivity (Wildman–Crippen MR) is 55.3 cm³/mol. The smallest absolute Gasteiger partial charge is 0.0148 e. The lowest BCUT2D eigenvalue weighted by Gasteiger charge is -2.42. The van der Waals surface area contributed by atoms with Gasteiger partial charge in [-0.25, -0.2) is 0 Å². The van der Waals surface area contributed by atoms with Gasteiger partial charge in [-0.15, -0.1) is 0 Å². The topological polar surface area (TPSA) is 0 Å². The summed E-state index contributed by atoms with van der Waals surface area (Å²) >= 11 is 6.04. The van der Waals surface area contributed by atoms with Gasteiger partial charge in [0, 0.05) is 11.0 Å². The van der Waals surface area contributed by atoms with Crippen LogP contribution in [-0.4, -0.2) is 0 Å². The zero-order valence-electron chi connectivity index (χ0n) is 8.36. The van der Waals surface area contributed by atoms with Crippen molar-refractivity contribution in [1.29, 1.82) is 0 Å². The summed E-state index contributed by atoms with van der Waals surface area (Å²) in [5, 5.41) is 0.854. The first-order valence-electron chi connectivity index (χ1n) is 4.79. The van der Waals surface area contributed by atoms with Crippen LogP contribution in [0.5, 0.6) is 0 Å². The first-order valence-corrected chi connectivity index (χ1v) is 5.17. The van der Waals surface area contributed by atoms with Gasteiger partial charge in [-0.1, -0.05) is 51.8 Å². The zero-order valence-corrected chi connectivity index (χ0v) is 9.12. The van der Waals surface area contributed by atoms with Crippen LogP contribution in [0.4, 0.5) is 0 Å². The van der Waals surface area contributed by atoms with Crippen LogP contribution >= 0.6 is 11.6 Å². The molecule has 1 aliphatic rings. The maximum Gasteiger partial charge on any atom is 0.0148 e. The molecule has 1 heteroatoms. The summed E-state index contributed by atoms with van der Waals surface area (Å²) in [6.07, 6.45) is 3.93. The molecule has 1 aliphatic carbocycles. The highest BCUT2D eigenvalue weighted by molar-refractivity contribution is 6.29. The summed E-state index contributed by atoms with van der Waals surface area (Å²) in [6.45, 7) is 10.8. The summed E-state index contributed by atoms with van der Waals surface area (Å²) in [6, 6.07) is 0. The molecule has 0 nitrogen and oxygen atoms in total. The van der Waals surface area contributed by atoms with Crippen LogP contribution in [0.15, 0.2) is 11.6 Å². The Bertz CT molecular complexity index is 181. The van der Waals surface area contributed by atoms with Crippen molar-refractivity contribution in [3.63, 3.8) is 0 Å². The quantitative estimate of drug-likeness (QED) is 0.576. The van der Waals surface area contributed by atoms with E-state index in [4.69, 9.17) is 11.6 Å². The Kier molecular flexibility index (Phi) is 2.88. The van der Waals surface area contributed by atoms with E-state index in [9.17, 15) is 0 Å². The Balaban J connectivity index is 2.81. The van der Waals surface area contributed by atoms with Crippen molar-refractivity contribution in [2.45, 2.75) is 40.0 Å². The first kappa shape index (κ1) is 10.1. The zero-order chi connectivity index (χ0) is 9.35. The molecule has 0 heterocycles. The molecule has 1 saturated carbocycles. The van der Waals surface area contributed by atoms with Gasteiger partial charge >= 0.3 is 0 Å². The fourth-order valence-corrected chi connectivity index (χ4v) is 3.22. The van der Waals surface area contributed by atoms with E-state index in [0.717, 1.165) is 5.03 Å². The van der Waals surface area contributed by atoms with Crippen molar-refractivity contribution < 1.29 is 0 Å². The average molecular weight is 187 g/mol. The summed E-state index contributed by atoms with van der Waals surface area (Å²) in [4.78, 5) is 0. The number of halogens is 1. The molecule has 0 aromatic rings. The van der Waals surface area contributed by atoms with E-state index >= 15 is 0 Å². The molecule has 0 unspecified atom stereocenters. The van der Waals surface area contributed by atoms with E-state index in [-0.39, 0.29) is 0 Å². The lowest BCUT2D eigenvalue weighted by Crippen LogP contribution is -2.33. The normalized spacial score (nSPS) is 34.7. The molecule has 0 N–H and O–H groups in total. The molecule has 0 bridgehead atoms. The van der Waals surface area contributed by atoms with Gasteiger partial charge in [0.15, 0.2) is 0 Å². The fourth-order valence-electron chi connectivity index (χ4n) is 2.70. The van der Waals surface area contributed by atoms with E-state index in [0.29, 0.717) is 17.3 Å². The third-order valence-electron chi connectivity index (χ3n) is 3.23. The largest absolute Gasteiger partial charge is 0.0895 e. The minimum Gasteiger partial charge on any atom is -0.0895 e. The van der Waals surface area contributed by atoms with Gasteiger partial charge in [0.1, 0.15) is 0 Å². The number of hydrogen-bond donors (Lipinski definition) is 0. The van der Waals surface area contributed by atoms with Crippen LogP contribution in [0.3, 0.4) is 0 Å². The highest BCUT2D eigenvalue weighted by Gasteiger charge is 2.37. The highest BCUT2D eigenvalue weighted by atomic mass is 35.5. The maximum atomic E-state index is 6.04. The van der Waals surface area contributed by atoms with Crippen LogP contribution in [0.1, 0.15) is 40.0 Å². The number of hydrogen-bond acceptors (Lipinski definition) is 0. The molecule has 70 valence electrons. The molecular weight excluding hydrogens is 168 g/mol. The molecule has 0 aliphatic heterocycles. The van der Waals surface area contributed by atoms with Gasteiger partial charge in [-0.3, -0.25) is 0 Å². The third-order valence-corrected chi connectivity index (χ3v) is 3.46. The van der Waals surface area contributed by atoms with Crippen LogP contribution in [0, 0.1) is 17.3 Å². The Morgan fingerprint density at radius 3 is 2.42 bits per heavy atom. The van der Waals surface area contributed by atoms with Gasteiger partial charge < -0.3 is 0 Å². The SMILES string of the molecule is C=C(Cl)[C@H]1[C@H](C)CCCC1(C)C. The monoisotopic (exact) mass is 186 g/mol. The van der Waals surface area contributed by atoms with Gasteiger partial charge in [0.05, 0.1) is 0 Å². The van der Waals surface area contributed by atoms with Crippen molar-refractivity contribution in [2.75, 3.05) is 0 Å². The van der Waals surface area contributed by atoms with Crippen LogP contribution in [0.25, 0.3) is 0 Å². The summed E-state index contributed by atoms with van der Waals surface area (Å²) in [5.74, 6) is 1.21. The lowest BCUT2D eigenvalue weighted by molar-refractivity contribution is 0.119. The number of rotatable bonds is 1. The van der Waals surface area contributed by atoms with E-state index in [2.05, 4.69) is 27.4 Å². The second kappa shape index (κ2) is 3.41.